The van der Waals surface area contributed by atoms with Crippen molar-refractivity contribution in [3.05, 3.63) is 36.6 Å². The molecule has 0 saturated carbocycles. The Morgan fingerprint density at radius 2 is 1.69 bits per heavy atom. The molecule has 68 valence electrons. The molecule has 0 aliphatic carbocycles. The summed E-state index contributed by atoms with van der Waals surface area (Å²) in [4.78, 5) is 2.30. The quantitative estimate of drug-likeness (QED) is 0.484. The molecule has 2 heteroatoms. The summed E-state index contributed by atoms with van der Waals surface area (Å²) in [5.41, 5.74) is 0. The van der Waals surface area contributed by atoms with Crippen molar-refractivity contribution in [2.24, 2.45) is 0 Å². The molecule has 0 aromatic rings. The molecular formula is C11H14N2. The van der Waals surface area contributed by atoms with E-state index in [0.717, 1.165) is 0 Å². The van der Waals surface area contributed by atoms with Crippen molar-refractivity contribution in [1.29, 1.82) is 5.26 Å². The molecule has 1 heterocycles. The first-order chi connectivity index (χ1) is 6.43. The summed E-state index contributed by atoms with van der Waals surface area (Å²) in [5.74, 6) is 0. The molecule has 1 rings (SSSR count). The summed E-state index contributed by atoms with van der Waals surface area (Å²) in [6, 6.07) is 1.93. The highest BCUT2D eigenvalue weighted by Gasteiger charge is 2.04. The second kappa shape index (κ2) is 6.07. The molecule has 1 aliphatic heterocycles. The zero-order valence-corrected chi connectivity index (χ0v) is 7.69. The lowest BCUT2D eigenvalue weighted by Crippen LogP contribution is -2.09. The Kier molecular flexibility index (Phi) is 4.48. The third-order valence-electron chi connectivity index (χ3n) is 1.94. The zero-order valence-electron chi connectivity index (χ0n) is 7.69. The number of hydrogen-bond donors (Lipinski definition) is 0. The van der Waals surface area contributed by atoms with Gasteiger partial charge >= 0.3 is 0 Å². The Hall–Kier alpha value is -1.49. The molecule has 0 aromatic carbocycles. The van der Waals surface area contributed by atoms with Crippen LogP contribution in [0, 0.1) is 11.3 Å². The molecule has 1 aliphatic rings. The summed E-state index contributed by atoms with van der Waals surface area (Å²) in [7, 11) is 0. The normalized spacial score (nSPS) is 17.9. The lowest BCUT2D eigenvalue weighted by Gasteiger charge is -2.08. The first-order valence-corrected chi connectivity index (χ1v) is 4.57. The smallest absolute Gasteiger partial charge is 0.0912 e. The molecule has 1 fully saturated rings. The second-order valence-corrected chi connectivity index (χ2v) is 2.96. The fourth-order valence-corrected chi connectivity index (χ4v) is 1.29. The van der Waals surface area contributed by atoms with Crippen molar-refractivity contribution >= 4 is 0 Å². The minimum atomic E-state index is 1.18. The lowest BCUT2D eigenvalue weighted by molar-refractivity contribution is 0.468. The average molecular weight is 174 g/mol. The van der Waals surface area contributed by atoms with Gasteiger partial charge in [0.2, 0.25) is 0 Å². The summed E-state index contributed by atoms with van der Waals surface area (Å²) < 4.78 is 0. The van der Waals surface area contributed by atoms with Crippen molar-refractivity contribution in [3.8, 4) is 6.07 Å². The van der Waals surface area contributed by atoms with Crippen molar-refractivity contribution in [2.45, 2.75) is 12.8 Å². The van der Waals surface area contributed by atoms with Crippen LogP contribution in [0.25, 0.3) is 0 Å². The van der Waals surface area contributed by atoms with Crippen LogP contribution in [0.4, 0.5) is 0 Å². The first kappa shape index (κ1) is 9.60. The maximum atomic E-state index is 8.20. The van der Waals surface area contributed by atoms with E-state index >= 15 is 0 Å². The van der Waals surface area contributed by atoms with Gasteiger partial charge in [-0.05, 0) is 25.1 Å². The van der Waals surface area contributed by atoms with Crippen LogP contribution in [0.5, 0.6) is 0 Å². The first-order valence-electron chi connectivity index (χ1n) is 4.57. The van der Waals surface area contributed by atoms with Crippen molar-refractivity contribution < 1.29 is 0 Å². The fourth-order valence-electron chi connectivity index (χ4n) is 1.29. The second-order valence-electron chi connectivity index (χ2n) is 2.96. The summed E-state index contributed by atoms with van der Waals surface area (Å²) in [5, 5.41) is 8.20. The van der Waals surface area contributed by atoms with Crippen LogP contribution in [0.15, 0.2) is 36.6 Å². The maximum Gasteiger partial charge on any atom is 0.0912 e. The van der Waals surface area contributed by atoms with Gasteiger partial charge in [-0.1, -0.05) is 18.2 Å². The standard InChI is InChI=1S/C11H14N2/c12-8-4-2-1-3-5-9-13-10-6-7-11-13/h1-5,9H,6-7,10-11H2/b3-1-,4-2-,9-5-. The molecule has 0 aromatic heterocycles. The summed E-state index contributed by atoms with van der Waals surface area (Å²) >= 11 is 0. The Morgan fingerprint density at radius 3 is 2.38 bits per heavy atom. The van der Waals surface area contributed by atoms with Gasteiger partial charge in [-0.25, -0.2) is 0 Å². The van der Waals surface area contributed by atoms with Crippen LogP contribution in [-0.4, -0.2) is 18.0 Å². The van der Waals surface area contributed by atoms with Gasteiger partial charge in [-0.2, -0.15) is 5.26 Å². The van der Waals surface area contributed by atoms with Crippen molar-refractivity contribution in [1.82, 2.24) is 4.90 Å². The van der Waals surface area contributed by atoms with Gasteiger partial charge in [0.15, 0.2) is 0 Å². The van der Waals surface area contributed by atoms with Crippen molar-refractivity contribution in [3.63, 3.8) is 0 Å². The Labute approximate surface area is 79.5 Å². The highest BCUT2D eigenvalue weighted by Crippen LogP contribution is 2.06. The topological polar surface area (TPSA) is 27.0 Å². The predicted molar refractivity (Wildman–Crippen MR) is 53.8 cm³/mol. The molecule has 2 nitrogen and oxygen atoms in total. The van der Waals surface area contributed by atoms with Crippen LogP contribution in [0.3, 0.4) is 0 Å². The zero-order chi connectivity index (χ0) is 9.36. The molecule has 0 bridgehead atoms. The van der Waals surface area contributed by atoms with E-state index in [2.05, 4.69) is 11.1 Å². The number of nitriles is 1. The van der Waals surface area contributed by atoms with Gasteiger partial charge in [0.25, 0.3) is 0 Å². The molecular weight excluding hydrogens is 160 g/mol. The lowest BCUT2D eigenvalue weighted by atomic mass is 10.4. The van der Waals surface area contributed by atoms with E-state index in [-0.39, 0.29) is 0 Å². The Bertz CT molecular complexity index is 250. The third-order valence-corrected chi connectivity index (χ3v) is 1.94. The van der Waals surface area contributed by atoms with Gasteiger partial charge < -0.3 is 4.90 Å². The fraction of sp³-hybridized carbons (Fsp3) is 0.364. The highest BCUT2D eigenvalue weighted by atomic mass is 15.1. The van der Waals surface area contributed by atoms with Crippen LogP contribution in [0.1, 0.15) is 12.8 Å². The number of hydrogen-bond acceptors (Lipinski definition) is 2. The molecule has 0 amide bonds. The van der Waals surface area contributed by atoms with E-state index in [1.54, 1.807) is 6.08 Å². The van der Waals surface area contributed by atoms with Gasteiger partial charge in [0.1, 0.15) is 0 Å². The van der Waals surface area contributed by atoms with Gasteiger partial charge in [0, 0.05) is 19.2 Å². The maximum absolute atomic E-state index is 8.20. The Morgan fingerprint density at radius 1 is 1.00 bits per heavy atom. The molecule has 0 unspecified atom stereocenters. The number of likely N-dealkylation sites (tertiary alicyclic amines) is 1. The van der Waals surface area contributed by atoms with Gasteiger partial charge in [-0.15, -0.1) is 0 Å². The molecule has 0 spiro atoms. The largest absolute Gasteiger partial charge is 0.377 e. The number of allylic oxidation sites excluding steroid dienone is 5. The third kappa shape index (κ3) is 4.17. The van der Waals surface area contributed by atoms with E-state index < -0.39 is 0 Å². The van der Waals surface area contributed by atoms with E-state index in [0.29, 0.717) is 0 Å². The Balaban J connectivity index is 2.20. The minimum Gasteiger partial charge on any atom is -0.377 e. The highest BCUT2D eigenvalue weighted by molar-refractivity contribution is 5.15. The van der Waals surface area contributed by atoms with E-state index in [1.165, 1.54) is 32.0 Å². The molecule has 0 N–H and O–H groups in total. The average Bonchev–Trinajstić information content (AvgIpc) is 2.63. The molecule has 13 heavy (non-hydrogen) atoms. The summed E-state index contributed by atoms with van der Waals surface area (Å²) in [6.07, 6.45) is 13.7. The molecule has 0 radical (unpaired) electrons. The molecule has 0 atom stereocenters. The monoisotopic (exact) mass is 174 g/mol. The van der Waals surface area contributed by atoms with E-state index in [4.69, 9.17) is 5.26 Å². The van der Waals surface area contributed by atoms with Crippen LogP contribution < -0.4 is 0 Å². The SMILES string of the molecule is N#C\C=C/C=C\C=C/N1CCCC1. The van der Waals surface area contributed by atoms with Crippen LogP contribution in [-0.2, 0) is 0 Å². The van der Waals surface area contributed by atoms with Crippen LogP contribution in [0.2, 0.25) is 0 Å². The summed E-state index contributed by atoms with van der Waals surface area (Å²) in [6.45, 7) is 2.36. The van der Waals surface area contributed by atoms with Gasteiger partial charge in [-0.3, -0.25) is 0 Å². The van der Waals surface area contributed by atoms with Crippen molar-refractivity contribution in [2.75, 3.05) is 13.1 Å². The van der Waals surface area contributed by atoms with E-state index in [1.807, 2.05) is 24.3 Å². The van der Waals surface area contributed by atoms with Crippen LogP contribution >= 0.6 is 0 Å². The van der Waals surface area contributed by atoms with Gasteiger partial charge in [0.05, 0.1) is 6.07 Å². The molecule has 1 saturated heterocycles. The predicted octanol–water partition coefficient (Wildman–Crippen LogP) is 2.23. The minimum absolute atomic E-state index is 1.18. The number of rotatable bonds is 3. The number of nitrogens with zero attached hydrogens (tertiary/aromatic N) is 2. The van der Waals surface area contributed by atoms with E-state index in [9.17, 15) is 0 Å².